The molecule has 92 valence electrons. The van der Waals surface area contributed by atoms with Gasteiger partial charge in [-0.1, -0.05) is 11.6 Å². The number of hydrogen-bond donors (Lipinski definition) is 0. The molecule has 2 aromatic rings. The first-order valence-electron chi connectivity index (χ1n) is 5.38. The number of rotatable bonds is 3. The smallest absolute Gasteiger partial charge is 0.358 e. The Morgan fingerprint density at radius 1 is 1.67 bits per heavy atom. The van der Waals surface area contributed by atoms with Gasteiger partial charge in [0.15, 0.2) is 5.69 Å². The molecule has 2 heterocycles. The first-order chi connectivity index (χ1) is 8.67. The first kappa shape index (κ1) is 12.4. The molecule has 0 atom stereocenters. The lowest BCUT2D eigenvalue weighted by Crippen LogP contribution is -2.08. The van der Waals surface area contributed by atoms with Crippen LogP contribution in [-0.2, 0) is 11.2 Å². The predicted molar refractivity (Wildman–Crippen MR) is 65.5 cm³/mol. The van der Waals surface area contributed by atoms with Crippen LogP contribution in [0, 0.1) is 11.3 Å². The summed E-state index contributed by atoms with van der Waals surface area (Å²) >= 11 is 5.86. The second-order valence-corrected chi connectivity index (χ2v) is 3.97. The molecule has 0 fully saturated rings. The third-order valence-corrected chi connectivity index (χ3v) is 2.64. The van der Waals surface area contributed by atoms with Gasteiger partial charge in [-0.2, -0.15) is 5.26 Å². The van der Waals surface area contributed by atoms with Gasteiger partial charge < -0.3 is 9.14 Å². The van der Waals surface area contributed by atoms with Gasteiger partial charge in [-0.15, -0.1) is 0 Å². The number of esters is 1. The molecule has 0 bridgehead atoms. The predicted octanol–water partition coefficient (Wildman–Crippen LogP) is 2.23. The monoisotopic (exact) mass is 263 g/mol. The topological polar surface area (TPSA) is 67.4 Å². The molecule has 2 rings (SSSR count). The average Bonchev–Trinajstić information content (AvgIpc) is 2.68. The van der Waals surface area contributed by atoms with Crippen molar-refractivity contribution in [1.29, 1.82) is 5.26 Å². The summed E-state index contributed by atoms with van der Waals surface area (Å²) < 4.78 is 6.59. The Balaban J connectivity index is 2.61. The Morgan fingerprint density at radius 2 is 2.44 bits per heavy atom. The van der Waals surface area contributed by atoms with E-state index in [0.29, 0.717) is 16.4 Å². The van der Waals surface area contributed by atoms with Crippen molar-refractivity contribution in [3.8, 4) is 6.07 Å². The van der Waals surface area contributed by atoms with Gasteiger partial charge in [-0.05, 0) is 13.0 Å². The SMILES string of the molecule is CCOC(=O)c1nc2cc(Cl)ccn2c1CC#N. The number of ether oxygens (including phenoxy) is 1. The molecule has 0 radical (unpaired) electrons. The van der Waals surface area contributed by atoms with Gasteiger partial charge in [0.05, 0.1) is 24.8 Å². The molecule has 0 aliphatic heterocycles. The van der Waals surface area contributed by atoms with Gasteiger partial charge in [0.2, 0.25) is 0 Å². The van der Waals surface area contributed by atoms with Gasteiger partial charge in [-0.25, -0.2) is 9.78 Å². The molecule has 0 saturated heterocycles. The molecule has 18 heavy (non-hydrogen) atoms. The molecule has 0 aliphatic carbocycles. The minimum absolute atomic E-state index is 0.0803. The van der Waals surface area contributed by atoms with E-state index < -0.39 is 5.97 Å². The average molecular weight is 264 g/mol. The second-order valence-electron chi connectivity index (χ2n) is 3.54. The van der Waals surface area contributed by atoms with E-state index in [0.717, 1.165) is 0 Å². The minimum Gasteiger partial charge on any atom is -0.461 e. The van der Waals surface area contributed by atoms with Gasteiger partial charge >= 0.3 is 5.97 Å². The number of aromatic nitrogens is 2. The molecule has 0 saturated carbocycles. The third-order valence-electron chi connectivity index (χ3n) is 2.40. The minimum atomic E-state index is -0.525. The van der Waals surface area contributed by atoms with Crippen LogP contribution in [0.25, 0.3) is 5.65 Å². The van der Waals surface area contributed by atoms with Crippen LogP contribution < -0.4 is 0 Å². The molecule has 0 spiro atoms. The fourth-order valence-electron chi connectivity index (χ4n) is 1.68. The molecular weight excluding hydrogens is 254 g/mol. The number of hydrogen-bond acceptors (Lipinski definition) is 4. The normalized spacial score (nSPS) is 10.3. The Bertz CT molecular complexity index is 643. The van der Waals surface area contributed by atoms with E-state index in [2.05, 4.69) is 4.98 Å². The number of fused-ring (bicyclic) bond motifs is 1. The van der Waals surface area contributed by atoms with Crippen molar-refractivity contribution >= 4 is 23.2 Å². The van der Waals surface area contributed by atoms with Crippen LogP contribution in [0.4, 0.5) is 0 Å². The summed E-state index contributed by atoms with van der Waals surface area (Å²) in [6, 6.07) is 5.32. The van der Waals surface area contributed by atoms with Gasteiger partial charge in [0.25, 0.3) is 0 Å². The molecule has 0 N–H and O–H groups in total. The van der Waals surface area contributed by atoms with Crippen LogP contribution in [-0.4, -0.2) is 22.0 Å². The van der Waals surface area contributed by atoms with Crippen LogP contribution in [0.1, 0.15) is 23.1 Å². The Hall–Kier alpha value is -2.06. The van der Waals surface area contributed by atoms with Gasteiger partial charge in [-0.3, -0.25) is 0 Å². The summed E-state index contributed by atoms with van der Waals surface area (Å²) in [5.41, 5.74) is 1.21. The Kier molecular flexibility index (Phi) is 3.49. The van der Waals surface area contributed by atoms with Crippen molar-refractivity contribution < 1.29 is 9.53 Å². The molecule has 0 amide bonds. The maximum atomic E-state index is 11.8. The van der Waals surface area contributed by atoms with E-state index in [9.17, 15) is 4.79 Å². The summed E-state index contributed by atoms with van der Waals surface area (Å²) in [6.45, 7) is 1.98. The van der Waals surface area contributed by atoms with Crippen molar-refractivity contribution in [3.63, 3.8) is 0 Å². The number of pyridine rings is 1. The molecular formula is C12H10ClN3O2. The van der Waals surface area contributed by atoms with E-state index in [4.69, 9.17) is 21.6 Å². The van der Waals surface area contributed by atoms with Crippen molar-refractivity contribution in [1.82, 2.24) is 9.38 Å². The molecule has 5 nitrogen and oxygen atoms in total. The van der Waals surface area contributed by atoms with Crippen molar-refractivity contribution in [2.45, 2.75) is 13.3 Å². The number of carbonyl (C=O) groups is 1. The lowest BCUT2D eigenvalue weighted by molar-refractivity contribution is 0.0519. The summed E-state index contributed by atoms with van der Waals surface area (Å²) in [5, 5.41) is 9.34. The zero-order chi connectivity index (χ0) is 13.1. The summed E-state index contributed by atoms with van der Waals surface area (Å²) in [5.74, 6) is -0.525. The number of carbonyl (C=O) groups excluding carboxylic acids is 1. The van der Waals surface area contributed by atoms with Crippen LogP contribution in [0.3, 0.4) is 0 Å². The maximum absolute atomic E-state index is 11.8. The van der Waals surface area contributed by atoms with Crippen LogP contribution in [0.2, 0.25) is 5.02 Å². The number of imidazole rings is 1. The Morgan fingerprint density at radius 3 is 3.11 bits per heavy atom. The van der Waals surface area contributed by atoms with Crippen molar-refractivity contribution in [2.75, 3.05) is 6.61 Å². The van der Waals surface area contributed by atoms with Crippen molar-refractivity contribution in [2.24, 2.45) is 0 Å². The number of nitrogens with zero attached hydrogens (tertiary/aromatic N) is 3. The van der Waals surface area contributed by atoms with E-state index in [1.165, 1.54) is 0 Å². The van der Waals surface area contributed by atoms with Crippen LogP contribution >= 0.6 is 11.6 Å². The quantitative estimate of drug-likeness (QED) is 0.797. The molecule has 0 aliphatic rings. The lowest BCUT2D eigenvalue weighted by atomic mass is 10.2. The lowest BCUT2D eigenvalue weighted by Gasteiger charge is -2.00. The highest BCUT2D eigenvalue weighted by Crippen LogP contribution is 2.18. The molecule has 0 aromatic carbocycles. The van der Waals surface area contributed by atoms with E-state index in [-0.39, 0.29) is 18.7 Å². The zero-order valence-electron chi connectivity index (χ0n) is 9.68. The maximum Gasteiger partial charge on any atom is 0.358 e. The van der Waals surface area contributed by atoms with Crippen molar-refractivity contribution in [3.05, 3.63) is 34.7 Å². The first-order valence-corrected chi connectivity index (χ1v) is 5.75. The van der Waals surface area contributed by atoms with Gasteiger partial charge in [0, 0.05) is 17.3 Å². The fraction of sp³-hybridized carbons (Fsp3) is 0.250. The molecule has 2 aromatic heterocycles. The fourth-order valence-corrected chi connectivity index (χ4v) is 1.83. The summed E-state index contributed by atoms with van der Waals surface area (Å²) in [4.78, 5) is 15.9. The molecule has 0 unspecified atom stereocenters. The number of halogens is 1. The highest BCUT2D eigenvalue weighted by Gasteiger charge is 2.19. The van der Waals surface area contributed by atoms with Crippen LogP contribution in [0.5, 0.6) is 0 Å². The van der Waals surface area contributed by atoms with E-state index in [1.807, 2.05) is 6.07 Å². The highest BCUT2D eigenvalue weighted by molar-refractivity contribution is 6.30. The van der Waals surface area contributed by atoms with Crippen LogP contribution in [0.15, 0.2) is 18.3 Å². The van der Waals surface area contributed by atoms with Gasteiger partial charge in [0.1, 0.15) is 5.65 Å². The largest absolute Gasteiger partial charge is 0.461 e. The van der Waals surface area contributed by atoms with E-state index >= 15 is 0 Å². The zero-order valence-corrected chi connectivity index (χ0v) is 10.4. The second kappa shape index (κ2) is 5.07. The third kappa shape index (κ3) is 2.15. The van der Waals surface area contributed by atoms with E-state index in [1.54, 1.807) is 29.7 Å². The summed E-state index contributed by atoms with van der Waals surface area (Å²) in [6.07, 6.45) is 1.76. The Labute approximate surface area is 109 Å². The highest BCUT2D eigenvalue weighted by atomic mass is 35.5. The standard InChI is InChI=1S/C12H10ClN3O2/c1-2-18-12(17)11-9(3-5-14)16-6-4-8(13)7-10(16)15-11/h4,6-7H,2-3H2,1H3. The number of nitriles is 1. The summed E-state index contributed by atoms with van der Waals surface area (Å²) in [7, 11) is 0. The molecule has 6 heteroatoms.